The molecule has 0 aliphatic carbocycles. The predicted molar refractivity (Wildman–Crippen MR) is 96.2 cm³/mol. The standard InChI is InChI=1S/C19H21ClN2O/c1-2-3-4-7-12-23-18-11-10-14(20)13-15(18)19-21-16-8-5-6-9-17(16)22-19/h5-6,8-11,13H,2-4,7,12H2,1H3,(H,21,22). The lowest BCUT2D eigenvalue weighted by Gasteiger charge is -2.10. The molecular weight excluding hydrogens is 308 g/mol. The summed E-state index contributed by atoms with van der Waals surface area (Å²) in [5.74, 6) is 1.61. The Hall–Kier alpha value is -2.00. The maximum absolute atomic E-state index is 6.17. The van der Waals surface area contributed by atoms with Crippen LogP contribution in [0.2, 0.25) is 5.02 Å². The third-order valence-electron chi connectivity index (χ3n) is 3.84. The molecule has 0 radical (unpaired) electrons. The molecule has 3 nitrogen and oxygen atoms in total. The number of nitrogens with zero attached hydrogens (tertiary/aromatic N) is 1. The van der Waals surface area contributed by atoms with E-state index in [4.69, 9.17) is 16.3 Å². The van der Waals surface area contributed by atoms with Crippen molar-refractivity contribution in [3.8, 4) is 17.1 Å². The van der Waals surface area contributed by atoms with Crippen LogP contribution in [0.3, 0.4) is 0 Å². The number of imidazole rings is 1. The van der Waals surface area contributed by atoms with Gasteiger partial charge >= 0.3 is 0 Å². The summed E-state index contributed by atoms with van der Waals surface area (Å²) in [4.78, 5) is 7.99. The lowest BCUT2D eigenvalue weighted by atomic mass is 10.2. The lowest BCUT2D eigenvalue weighted by Crippen LogP contribution is -1.99. The first-order chi connectivity index (χ1) is 11.3. The Morgan fingerprint density at radius 2 is 1.96 bits per heavy atom. The van der Waals surface area contributed by atoms with Crippen LogP contribution in [0.4, 0.5) is 0 Å². The minimum Gasteiger partial charge on any atom is -0.493 e. The number of fused-ring (bicyclic) bond motifs is 1. The highest BCUT2D eigenvalue weighted by atomic mass is 35.5. The highest BCUT2D eigenvalue weighted by Gasteiger charge is 2.12. The molecule has 0 atom stereocenters. The zero-order valence-corrected chi connectivity index (χ0v) is 14.1. The van der Waals surface area contributed by atoms with Crippen LogP contribution >= 0.6 is 11.6 Å². The van der Waals surface area contributed by atoms with Gasteiger partial charge in [-0.25, -0.2) is 4.98 Å². The first-order valence-electron chi connectivity index (χ1n) is 8.15. The Labute approximate surface area is 141 Å². The average molecular weight is 329 g/mol. The van der Waals surface area contributed by atoms with Gasteiger partial charge < -0.3 is 9.72 Å². The van der Waals surface area contributed by atoms with Gasteiger partial charge in [-0.2, -0.15) is 0 Å². The van der Waals surface area contributed by atoms with Crippen LogP contribution < -0.4 is 4.74 Å². The Kier molecular flexibility index (Phi) is 5.19. The van der Waals surface area contributed by atoms with Gasteiger partial charge in [-0.15, -0.1) is 0 Å². The first-order valence-corrected chi connectivity index (χ1v) is 8.53. The summed E-state index contributed by atoms with van der Waals surface area (Å²) in [6.45, 7) is 2.93. The van der Waals surface area contributed by atoms with Gasteiger partial charge in [-0.1, -0.05) is 49.9 Å². The van der Waals surface area contributed by atoms with Gasteiger partial charge in [0.15, 0.2) is 0 Å². The van der Waals surface area contributed by atoms with Crippen molar-refractivity contribution in [1.29, 1.82) is 0 Å². The molecule has 0 unspecified atom stereocenters. The van der Waals surface area contributed by atoms with E-state index in [0.29, 0.717) is 5.02 Å². The van der Waals surface area contributed by atoms with E-state index in [-0.39, 0.29) is 0 Å². The van der Waals surface area contributed by atoms with Gasteiger partial charge in [-0.05, 0) is 36.8 Å². The van der Waals surface area contributed by atoms with Gasteiger partial charge in [0.2, 0.25) is 0 Å². The molecule has 0 bridgehead atoms. The molecular formula is C19H21ClN2O. The van der Waals surface area contributed by atoms with Crippen molar-refractivity contribution in [2.24, 2.45) is 0 Å². The largest absolute Gasteiger partial charge is 0.493 e. The van der Waals surface area contributed by atoms with Crippen LogP contribution in [0.5, 0.6) is 5.75 Å². The molecule has 3 aromatic rings. The van der Waals surface area contributed by atoms with Crippen molar-refractivity contribution < 1.29 is 4.74 Å². The van der Waals surface area contributed by atoms with E-state index in [0.717, 1.165) is 41.2 Å². The fourth-order valence-corrected chi connectivity index (χ4v) is 2.78. The number of aromatic nitrogens is 2. The highest BCUT2D eigenvalue weighted by molar-refractivity contribution is 6.30. The third kappa shape index (κ3) is 3.85. The van der Waals surface area contributed by atoms with Crippen molar-refractivity contribution in [2.45, 2.75) is 32.6 Å². The molecule has 0 aliphatic rings. The number of halogens is 1. The molecule has 23 heavy (non-hydrogen) atoms. The van der Waals surface area contributed by atoms with Gasteiger partial charge in [-0.3, -0.25) is 0 Å². The van der Waals surface area contributed by atoms with Crippen molar-refractivity contribution in [1.82, 2.24) is 9.97 Å². The molecule has 1 heterocycles. The van der Waals surface area contributed by atoms with Crippen molar-refractivity contribution in [3.05, 3.63) is 47.5 Å². The minimum absolute atomic E-state index is 0.679. The number of aromatic amines is 1. The Morgan fingerprint density at radius 1 is 1.09 bits per heavy atom. The van der Waals surface area contributed by atoms with E-state index >= 15 is 0 Å². The molecule has 0 fully saturated rings. The number of rotatable bonds is 7. The molecule has 0 aliphatic heterocycles. The van der Waals surface area contributed by atoms with Crippen LogP contribution in [-0.2, 0) is 0 Å². The van der Waals surface area contributed by atoms with Crippen LogP contribution in [0.15, 0.2) is 42.5 Å². The molecule has 1 N–H and O–H groups in total. The third-order valence-corrected chi connectivity index (χ3v) is 4.08. The fourth-order valence-electron chi connectivity index (χ4n) is 2.60. The topological polar surface area (TPSA) is 37.9 Å². The van der Waals surface area contributed by atoms with E-state index in [1.54, 1.807) is 0 Å². The number of H-pyrrole nitrogens is 1. The molecule has 4 heteroatoms. The summed E-state index contributed by atoms with van der Waals surface area (Å²) in [5.41, 5.74) is 2.86. The number of hydrogen-bond acceptors (Lipinski definition) is 2. The van der Waals surface area contributed by atoms with Gasteiger partial charge in [0.25, 0.3) is 0 Å². The van der Waals surface area contributed by atoms with Crippen molar-refractivity contribution in [2.75, 3.05) is 6.61 Å². The van der Waals surface area contributed by atoms with Crippen LogP contribution in [0.25, 0.3) is 22.4 Å². The summed E-state index contributed by atoms with van der Waals surface area (Å²) >= 11 is 6.17. The number of nitrogens with one attached hydrogen (secondary N) is 1. The fraction of sp³-hybridized carbons (Fsp3) is 0.316. The average Bonchev–Trinajstić information content (AvgIpc) is 2.99. The second-order valence-electron chi connectivity index (χ2n) is 5.65. The lowest BCUT2D eigenvalue weighted by molar-refractivity contribution is 0.306. The van der Waals surface area contributed by atoms with E-state index < -0.39 is 0 Å². The molecule has 1 aromatic heterocycles. The van der Waals surface area contributed by atoms with Crippen LogP contribution in [0.1, 0.15) is 32.6 Å². The molecule has 0 saturated carbocycles. The summed E-state index contributed by atoms with van der Waals surface area (Å²) in [6.07, 6.45) is 4.74. The summed E-state index contributed by atoms with van der Waals surface area (Å²) < 4.78 is 5.97. The zero-order chi connectivity index (χ0) is 16.1. The Balaban J connectivity index is 1.83. The Bertz CT molecular complexity index is 749. The molecule has 3 rings (SSSR count). The summed E-state index contributed by atoms with van der Waals surface area (Å²) in [6, 6.07) is 13.7. The van der Waals surface area contributed by atoms with Crippen molar-refractivity contribution >= 4 is 22.6 Å². The molecule has 0 spiro atoms. The van der Waals surface area contributed by atoms with Gasteiger partial charge in [0.1, 0.15) is 11.6 Å². The smallest absolute Gasteiger partial charge is 0.142 e. The maximum Gasteiger partial charge on any atom is 0.142 e. The monoisotopic (exact) mass is 328 g/mol. The number of hydrogen-bond donors (Lipinski definition) is 1. The number of ether oxygens (including phenoxy) is 1. The normalized spacial score (nSPS) is 11.0. The second-order valence-corrected chi connectivity index (χ2v) is 6.09. The highest BCUT2D eigenvalue weighted by Crippen LogP contribution is 2.32. The second kappa shape index (κ2) is 7.51. The number of benzene rings is 2. The molecule has 0 amide bonds. The summed E-state index contributed by atoms with van der Waals surface area (Å²) in [5, 5.41) is 0.679. The summed E-state index contributed by atoms with van der Waals surface area (Å²) in [7, 11) is 0. The molecule has 2 aromatic carbocycles. The minimum atomic E-state index is 0.679. The first kappa shape index (κ1) is 15.9. The SMILES string of the molecule is CCCCCCOc1ccc(Cl)cc1-c1nc2ccccc2[nH]1. The van der Waals surface area contributed by atoms with E-state index in [2.05, 4.69) is 16.9 Å². The Morgan fingerprint density at radius 3 is 2.78 bits per heavy atom. The van der Waals surface area contributed by atoms with E-state index in [1.165, 1.54) is 19.3 Å². The van der Waals surface area contributed by atoms with Crippen LogP contribution in [-0.4, -0.2) is 16.6 Å². The van der Waals surface area contributed by atoms with Gasteiger partial charge in [0, 0.05) is 5.02 Å². The molecule has 120 valence electrons. The number of para-hydroxylation sites is 2. The number of unbranched alkanes of at least 4 members (excludes halogenated alkanes) is 3. The van der Waals surface area contributed by atoms with Crippen LogP contribution in [0, 0.1) is 0 Å². The van der Waals surface area contributed by atoms with E-state index in [1.807, 2.05) is 42.5 Å². The van der Waals surface area contributed by atoms with Gasteiger partial charge in [0.05, 0.1) is 23.2 Å². The van der Waals surface area contributed by atoms with E-state index in [9.17, 15) is 0 Å². The predicted octanol–water partition coefficient (Wildman–Crippen LogP) is 5.84. The zero-order valence-electron chi connectivity index (χ0n) is 13.3. The quantitative estimate of drug-likeness (QED) is 0.553. The maximum atomic E-state index is 6.17. The van der Waals surface area contributed by atoms with Crippen molar-refractivity contribution in [3.63, 3.8) is 0 Å². The molecule has 0 saturated heterocycles.